The average molecular weight is 299 g/mol. The fourth-order valence-electron chi connectivity index (χ4n) is 2.13. The molecule has 0 atom stereocenters. The first kappa shape index (κ1) is 13.9. The minimum Gasteiger partial charge on any atom is -0.470 e. The van der Waals surface area contributed by atoms with Crippen molar-refractivity contribution < 1.29 is 9.66 Å². The van der Waals surface area contributed by atoms with Gasteiger partial charge in [-0.3, -0.25) is 14.7 Å². The zero-order valence-electron chi connectivity index (χ0n) is 12.0. The maximum absolute atomic E-state index is 11.5. The van der Waals surface area contributed by atoms with Crippen LogP contribution in [-0.2, 0) is 0 Å². The summed E-state index contributed by atoms with van der Waals surface area (Å²) in [4.78, 5) is 23.1. The minimum atomic E-state index is -0.540. The Bertz CT molecular complexity index is 843. The first-order chi connectivity index (χ1) is 10.6. The van der Waals surface area contributed by atoms with E-state index in [0.29, 0.717) is 0 Å². The molecular weight excluding hydrogens is 286 g/mol. The van der Waals surface area contributed by atoms with Gasteiger partial charge in [0.25, 0.3) is 5.88 Å². The van der Waals surface area contributed by atoms with Crippen molar-refractivity contribution in [3.05, 3.63) is 47.0 Å². The molecule has 3 aromatic rings. The van der Waals surface area contributed by atoms with Crippen molar-refractivity contribution in [2.45, 2.75) is 20.0 Å². The molecule has 1 aromatic carbocycles. The van der Waals surface area contributed by atoms with Gasteiger partial charge in [-0.15, -0.1) is 0 Å². The predicted molar refractivity (Wildman–Crippen MR) is 79.1 cm³/mol. The summed E-state index contributed by atoms with van der Waals surface area (Å²) in [5.41, 5.74) is 1.17. The van der Waals surface area contributed by atoms with E-state index in [1.54, 1.807) is 18.4 Å². The Morgan fingerprint density at radius 1 is 1.23 bits per heavy atom. The number of imidazole rings is 1. The maximum atomic E-state index is 11.5. The second-order valence-electron chi connectivity index (χ2n) is 4.88. The van der Waals surface area contributed by atoms with E-state index in [1.807, 2.05) is 24.3 Å². The molecule has 2 heterocycles. The van der Waals surface area contributed by atoms with E-state index in [-0.39, 0.29) is 23.5 Å². The van der Waals surface area contributed by atoms with Crippen LogP contribution in [0.4, 0.5) is 5.69 Å². The van der Waals surface area contributed by atoms with E-state index in [4.69, 9.17) is 4.74 Å². The molecule has 0 unspecified atom stereocenters. The fraction of sp³-hybridized carbons (Fsp3) is 0.214. The zero-order valence-corrected chi connectivity index (χ0v) is 12.0. The number of ether oxygens (including phenoxy) is 1. The van der Waals surface area contributed by atoms with Gasteiger partial charge in [0, 0.05) is 0 Å². The van der Waals surface area contributed by atoms with E-state index >= 15 is 0 Å². The molecule has 8 nitrogen and oxygen atoms in total. The van der Waals surface area contributed by atoms with Gasteiger partial charge in [0.2, 0.25) is 5.82 Å². The quantitative estimate of drug-likeness (QED) is 0.542. The molecule has 0 amide bonds. The van der Waals surface area contributed by atoms with Gasteiger partial charge in [0.05, 0.1) is 22.1 Å². The number of aromatic nitrogens is 4. The van der Waals surface area contributed by atoms with Crippen LogP contribution < -0.4 is 4.74 Å². The van der Waals surface area contributed by atoms with Crippen LogP contribution in [0, 0.1) is 10.1 Å². The van der Waals surface area contributed by atoms with Crippen LogP contribution in [0.5, 0.6) is 5.88 Å². The van der Waals surface area contributed by atoms with Crippen molar-refractivity contribution in [1.29, 1.82) is 0 Å². The SMILES string of the molecule is CC(C)Oc1ncnc(-n2cnc3ccccc32)c1[N+](=O)[O-]. The number of hydrogen-bond acceptors (Lipinski definition) is 6. The van der Waals surface area contributed by atoms with Gasteiger partial charge in [0.15, 0.2) is 0 Å². The van der Waals surface area contributed by atoms with Gasteiger partial charge in [-0.05, 0) is 26.0 Å². The minimum absolute atomic E-state index is 0.0530. The van der Waals surface area contributed by atoms with Gasteiger partial charge < -0.3 is 4.74 Å². The van der Waals surface area contributed by atoms with Crippen molar-refractivity contribution in [1.82, 2.24) is 19.5 Å². The number of nitro groups is 1. The molecule has 0 N–H and O–H groups in total. The number of nitrogens with zero attached hydrogens (tertiary/aromatic N) is 5. The summed E-state index contributed by atoms with van der Waals surface area (Å²) in [6, 6.07) is 7.32. The molecule has 0 fully saturated rings. The van der Waals surface area contributed by atoms with Crippen molar-refractivity contribution in [3.63, 3.8) is 0 Å². The van der Waals surface area contributed by atoms with Crippen LogP contribution in [0.15, 0.2) is 36.9 Å². The molecule has 0 aliphatic carbocycles. The highest BCUT2D eigenvalue weighted by atomic mass is 16.6. The predicted octanol–water partition coefficient (Wildman–Crippen LogP) is 2.51. The van der Waals surface area contributed by atoms with Crippen LogP contribution in [-0.4, -0.2) is 30.5 Å². The summed E-state index contributed by atoms with van der Waals surface area (Å²) < 4.78 is 6.99. The van der Waals surface area contributed by atoms with Crippen molar-refractivity contribution >= 4 is 16.7 Å². The van der Waals surface area contributed by atoms with Gasteiger partial charge in [-0.25, -0.2) is 9.97 Å². The Morgan fingerprint density at radius 3 is 2.73 bits per heavy atom. The lowest BCUT2D eigenvalue weighted by Gasteiger charge is -2.10. The molecular formula is C14H13N5O3. The zero-order chi connectivity index (χ0) is 15.7. The third kappa shape index (κ3) is 2.34. The molecule has 0 saturated carbocycles. The summed E-state index contributed by atoms with van der Waals surface area (Å²) in [7, 11) is 0. The van der Waals surface area contributed by atoms with Gasteiger partial charge >= 0.3 is 5.69 Å². The second-order valence-corrected chi connectivity index (χ2v) is 4.88. The summed E-state index contributed by atoms with van der Waals surface area (Å²) in [6.45, 7) is 3.55. The number of fused-ring (bicyclic) bond motifs is 1. The molecule has 3 rings (SSSR count). The lowest BCUT2D eigenvalue weighted by molar-refractivity contribution is -0.386. The van der Waals surface area contributed by atoms with Crippen LogP contribution in [0.2, 0.25) is 0 Å². The number of rotatable bonds is 4. The molecule has 0 bridgehead atoms. The molecule has 0 aliphatic rings. The average Bonchev–Trinajstić information content (AvgIpc) is 2.90. The Labute approximate surface area is 125 Å². The summed E-state index contributed by atoms with van der Waals surface area (Å²) in [6.07, 6.45) is 2.51. The van der Waals surface area contributed by atoms with E-state index < -0.39 is 4.92 Å². The van der Waals surface area contributed by atoms with Crippen LogP contribution >= 0.6 is 0 Å². The lowest BCUT2D eigenvalue weighted by atomic mass is 10.3. The largest absolute Gasteiger partial charge is 0.470 e. The van der Waals surface area contributed by atoms with Crippen molar-refractivity contribution in [2.75, 3.05) is 0 Å². The summed E-state index contributed by atoms with van der Waals surface area (Å²) in [5.74, 6) is 0.0760. The van der Waals surface area contributed by atoms with Gasteiger partial charge in [-0.1, -0.05) is 12.1 Å². The van der Waals surface area contributed by atoms with Crippen LogP contribution in [0.3, 0.4) is 0 Å². The third-order valence-electron chi connectivity index (χ3n) is 2.98. The fourth-order valence-corrected chi connectivity index (χ4v) is 2.13. The Morgan fingerprint density at radius 2 is 2.00 bits per heavy atom. The molecule has 0 aliphatic heterocycles. The van der Waals surface area contributed by atoms with E-state index in [1.165, 1.54) is 12.7 Å². The molecule has 0 saturated heterocycles. The number of benzene rings is 1. The second kappa shape index (κ2) is 5.40. The van der Waals surface area contributed by atoms with E-state index in [0.717, 1.165) is 11.0 Å². The number of hydrogen-bond donors (Lipinski definition) is 0. The highest BCUT2D eigenvalue weighted by Crippen LogP contribution is 2.31. The van der Waals surface area contributed by atoms with E-state index in [9.17, 15) is 10.1 Å². The molecule has 112 valence electrons. The highest BCUT2D eigenvalue weighted by molar-refractivity contribution is 5.78. The highest BCUT2D eigenvalue weighted by Gasteiger charge is 2.27. The normalized spacial score (nSPS) is 11.0. The topological polar surface area (TPSA) is 96.0 Å². The lowest BCUT2D eigenvalue weighted by Crippen LogP contribution is -2.11. The summed E-state index contributed by atoms with van der Waals surface area (Å²) >= 11 is 0. The van der Waals surface area contributed by atoms with Gasteiger partial charge in [-0.2, -0.15) is 4.98 Å². The Hall–Kier alpha value is -3.03. The van der Waals surface area contributed by atoms with Crippen molar-refractivity contribution in [3.8, 4) is 11.7 Å². The molecule has 0 radical (unpaired) electrons. The first-order valence-corrected chi connectivity index (χ1v) is 6.66. The molecule has 2 aromatic heterocycles. The molecule has 0 spiro atoms. The van der Waals surface area contributed by atoms with E-state index in [2.05, 4.69) is 15.0 Å². The summed E-state index contributed by atoms with van der Waals surface area (Å²) in [5, 5.41) is 11.5. The first-order valence-electron chi connectivity index (χ1n) is 6.66. The Balaban J connectivity index is 2.24. The van der Waals surface area contributed by atoms with Crippen LogP contribution in [0.1, 0.15) is 13.8 Å². The number of para-hydroxylation sites is 2. The monoisotopic (exact) mass is 299 g/mol. The Kier molecular flexibility index (Phi) is 3.42. The van der Waals surface area contributed by atoms with Gasteiger partial charge in [0.1, 0.15) is 12.7 Å². The smallest absolute Gasteiger partial charge is 0.373 e. The van der Waals surface area contributed by atoms with Crippen LogP contribution in [0.25, 0.3) is 16.9 Å². The molecule has 22 heavy (non-hydrogen) atoms. The maximum Gasteiger partial charge on any atom is 0.373 e. The third-order valence-corrected chi connectivity index (χ3v) is 2.98. The standard InChI is InChI=1S/C14H13N5O3/c1-9(2)22-14-12(19(20)21)13(15-7-16-14)18-8-17-10-5-3-4-6-11(10)18/h3-9H,1-2H3. The van der Waals surface area contributed by atoms with Crippen molar-refractivity contribution in [2.24, 2.45) is 0 Å². The molecule has 8 heteroatoms.